The maximum Gasteiger partial charge on any atom is 0.0924 e. The monoisotopic (exact) mass is 271 g/mol. The van der Waals surface area contributed by atoms with Gasteiger partial charge in [0.1, 0.15) is 0 Å². The van der Waals surface area contributed by atoms with E-state index in [2.05, 4.69) is 39.1 Å². The van der Waals surface area contributed by atoms with Crippen LogP contribution < -0.4 is 0 Å². The number of benzene rings is 1. The molecule has 1 saturated heterocycles. The van der Waals surface area contributed by atoms with E-state index in [1.54, 1.807) is 6.33 Å². The van der Waals surface area contributed by atoms with E-state index in [4.69, 9.17) is 4.74 Å². The molecule has 106 valence electrons. The van der Waals surface area contributed by atoms with E-state index < -0.39 is 0 Å². The van der Waals surface area contributed by atoms with Crippen molar-refractivity contribution < 1.29 is 4.74 Å². The van der Waals surface area contributed by atoms with Gasteiger partial charge in [-0.2, -0.15) is 0 Å². The molecule has 0 unspecified atom stereocenters. The van der Waals surface area contributed by atoms with E-state index in [1.165, 1.54) is 24.1 Å². The standard InChI is InChI=1S/C16H21N3O/c1(7-19-8-10-20-11-9-19)2-14-3-5-15(6-4-14)16-12-17-13-18-16/h3-6,12-13H,1-2,7-11H2,(H,17,18). The van der Waals surface area contributed by atoms with E-state index in [9.17, 15) is 0 Å². The van der Waals surface area contributed by atoms with Gasteiger partial charge in [-0.3, -0.25) is 4.90 Å². The van der Waals surface area contributed by atoms with Crippen LogP contribution in [0.15, 0.2) is 36.8 Å². The summed E-state index contributed by atoms with van der Waals surface area (Å²) >= 11 is 0. The van der Waals surface area contributed by atoms with Gasteiger partial charge in [-0.05, 0) is 30.5 Å². The highest BCUT2D eigenvalue weighted by Crippen LogP contribution is 2.17. The Balaban J connectivity index is 1.48. The Hall–Kier alpha value is -1.65. The zero-order valence-electron chi connectivity index (χ0n) is 11.7. The number of aromatic amines is 1. The van der Waals surface area contributed by atoms with Crippen molar-refractivity contribution in [1.29, 1.82) is 0 Å². The zero-order valence-corrected chi connectivity index (χ0v) is 11.7. The lowest BCUT2D eigenvalue weighted by molar-refractivity contribution is 0.0375. The van der Waals surface area contributed by atoms with Gasteiger partial charge in [-0.25, -0.2) is 4.98 Å². The number of imidazole rings is 1. The van der Waals surface area contributed by atoms with Gasteiger partial charge in [0.05, 0.1) is 31.4 Å². The fourth-order valence-corrected chi connectivity index (χ4v) is 2.60. The first-order valence-corrected chi connectivity index (χ1v) is 7.29. The third-order valence-electron chi connectivity index (χ3n) is 3.81. The van der Waals surface area contributed by atoms with Gasteiger partial charge in [0.15, 0.2) is 0 Å². The van der Waals surface area contributed by atoms with E-state index >= 15 is 0 Å². The molecule has 2 aromatic rings. The molecular weight excluding hydrogens is 250 g/mol. The van der Waals surface area contributed by atoms with Crippen LogP contribution in [0.25, 0.3) is 11.3 Å². The number of hydrogen-bond donors (Lipinski definition) is 1. The predicted molar refractivity (Wildman–Crippen MR) is 79.6 cm³/mol. The molecule has 0 amide bonds. The quantitative estimate of drug-likeness (QED) is 0.907. The first kappa shape index (κ1) is 13.3. The highest BCUT2D eigenvalue weighted by atomic mass is 16.5. The molecule has 1 aliphatic heterocycles. The summed E-state index contributed by atoms with van der Waals surface area (Å²) in [5.41, 5.74) is 3.67. The van der Waals surface area contributed by atoms with Crippen LogP contribution in [0.1, 0.15) is 12.0 Å². The molecule has 2 heterocycles. The number of nitrogens with one attached hydrogen (secondary N) is 1. The molecule has 0 aliphatic carbocycles. The van der Waals surface area contributed by atoms with Gasteiger partial charge in [0.25, 0.3) is 0 Å². The fraction of sp³-hybridized carbons (Fsp3) is 0.438. The van der Waals surface area contributed by atoms with E-state index in [0.717, 1.165) is 38.4 Å². The van der Waals surface area contributed by atoms with Crippen molar-refractivity contribution in [2.45, 2.75) is 12.8 Å². The largest absolute Gasteiger partial charge is 0.379 e. The lowest BCUT2D eigenvalue weighted by Gasteiger charge is -2.26. The number of hydrogen-bond acceptors (Lipinski definition) is 3. The van der Waals surface area contributed by atoms with E-state index in [-0.39, 0.29) is 0 Å². The number of morpholine rings is 1. The normalized spacial score (nSPS) is 16.4. The summed E-state index contributed by atoms with van der Waals surface area (Å²) in [4.78, 5) is 9.67. The molecule has 1 aromatic heterocycles. The van der Waals surface area contributed by atoms with Crippen molar-refractivity contribution in [2.24, 2.45) is 0 Å². The summed E-state index contributed by atoms with van der Waals surface area (Å²) < 4.78 is 5.36. The van der Waals surface area contributed by atoms with Crippen molar-refractivity contribution in [3.63, 3.8) is 0 Å². The first-order valence-electron chi connectivity index (χ1n) is 7.29. The maximum atomic E-state index is 5.36. The number of ether oxygens (including phenoxy) is 1. The average Bonchev–Trinajstić information content (AvgIpc) is 3.03. The molecule has 0 atom stereocenters. The molecule has 0 saturated carbocycles. The van der Waals surface area contributed by atoms with Gasteiger partial charge in [-0.15, -0.1) is 0 Å². The molecule has 1 aromatic carbocycles. The Kier molecular flexibility index (Phi) is 4.46. The van der Waals surface area contributed by atoms with E-state index in [1.807, 2.05) is 6.20 Å². The number of aromatic nitrogens is 2. The second-order valence-corrected chi connectivity index (χ2v) is 5.22. The highest BCUT2D eigenvalue weighted by molar-refractivity contribution is 5.58. The van der Waals surface area contributed by atoms with Crippen LogP contribution in [-0.2, 0) is 11.2 Å². The van der Waals surface area contributed by atoms with Crippen molar-refractivity contribution in [3.8, 4) is 11.3 Å². The summed E-state index contributed by atoms with van der Waals surface area (Å²) in [5.74, 6) is 0. The van der Waals surface area contributed by atoms with Crippen LogP contribution in [0.2, 0.25) is 0 Å². The third-order valence-corrected chi connectivity index (χ3v) is 3.81. The van der Waals surface area contributed by atoms with E-state index in [0.29, 0.717) is 0 Å². The molecule has 4 heteroatoms. The molecule has 20 heavy (non-hydrogen) atoms. The number of aryl methyl sites for hydroxylation is 1. The van der Waals surface area contributed by atoms with Crippen LogP contribution in [0, 0.1) is 0 Å². The van der Waals surface area contributed by atoms with Crippen molar-refractivity contribution in [2.75, 3.05) is 32.8 Å². The SMILES string of the molecule is c1ncc(-c2ccc(CCCN3CCOCC3)cc2)[nH]1. The molecule has 1 aliphatic rings. The van der Waals surface area contributed by atoms with Gasteiger partial charge in [0, 0.05) is 13.1 Å². The molecule has 4 nitrogen and oxygen atoms in total. The molecule has 0 bridgehead atoms. The highest BCUT2D eigenvalue weighted by Gasteiger charge is 2.09. The zero-order chi connectivity index (χ0) is 13.6. The molecule has 0 spiro atoms. The van der Waals surface area contributed by atoms with Crippen molar-refractivity contribution in [1.82, 2.24) is 14.9 Å². The Morgan fingerprint density at radius 3 is 2.65 bits per heavy atom. The summed E-state index contributed by atoms with van der Waals surface area (Å²) in [6.07, 6.45) is 5.92. The minimum absolute atomic E-state index is 0.888. The van der Waals surface area contributed by atoms with Crippen LogP contribution >= 0.6 is 0 Å². The van der Waals surface area contributed by atoms with Crippen LogP contribution in [0.3, 0.4) is 0 Å². The first-order chi connectivity index (χ1) is 9.92. The maximum absolute atomic E-state index is 5.36. The Bertz CT molecular complexity index is 501. The minimum atomic E-state index is 0.888. The van der Waals surface area contributed by atoms with Gasteiger partial charge >= 0.3 is 0 Å². The lowest BCUT2D eigenvalue weighted by Crippen LogP contribution is -2.36. The van der Waals surface area contributed by atoms with Crippen LogP contribution in [-0.4, -0.2) is 47.7 Å². The number of nitrogens with zero attached hydrogens (tertiary/aromatic N) is 2. The van der Waals surface area contributed by atoms with Gasteiger partial charge in [-0.1, -0.05) is 24.3 Å². The van der Waals surface area contributed by atoms with Crippen LogP contribution in [0.5, 0.6) is 0 Å². The lowest BCUT2D eigenvalue weighted by atomic mass is 10.1. The summed E-state index contributed by atoms with van der Waals surface area (Å²) in [7, 11) is 0. The predicted octanol–water partition coefficient (Wildman–Crippen LogP) is 2.34. The molecule has 0 radical (unpaired) electrons. The Labute approximate surface area is 119 Å². The van der Waals surface area contributed by atoms with Gasteiger partial charge < -0.3 is 9.72 Å². The van der Waals surface area contributed by atoms with Crippen LogP contribution in [0.4, 0.5) is 0 Å². The topological polar surface area (TPSA) is 41.2 Å². The number of rotatable bonds is 5. The Morgan fingerprint density at radius 2 is 1.95 bits per heavy atom. The smallest absolute Gasteiger partial charge is 0.0924 e. The van der Waals surface area contributed by atoms with Gasteiger partial charge in [0.2, 0.25) is 0 Å². The second-order valence-electron chi connectivity index (χ2n) is 5.22. The molecule has 3 rings (SSSR count). The van der Waals surface area contributed by atoms with Crippen molar-refractivity contribution >= 4 is 0 Å². The number of H-pyrrole nitrogens is 1. The second kappa shape index (κ2) is 6.68. The third kappa shape index (κ3) is 3.46. The molecule has 1 fully saturated rings. The molecule has 1 N–H and O–H groups in total. The minimum Gasteiger partial charge on any atom is -0.379 e. The average molecular weight is 271 g/mol. The summed E-state index contributed by atoms with van der Waals surface area (Å²) in [6.45, 7) is 5.11. The summed E-state index contributed by atoms with van der Waals surface area (Å²) in [6, 6.07) is 8.76. The Morgan fingerprint density at radius 1 is 1.15 bits per heavy atom. The summed E-state index contributed by atoms with van der Waals surface area (Å²) in [5, 5.41) is 0. The molecular formula is C16H21N3O. The van der Waals surface area contributed by atoms with Crippen molar-refractivity contribution in [3.05, 3.63) is 42.4 Å². The fourth-order valence-electron chi connectivity index (χ4n) is 2.60.